The van der Waals surface area contributed by atoms with Crippen LogP contribution in [0.15, 0.2) is 59.5 Å². The van der Waals surface area contributed by atoms with Gasteiger partial charge in [-0.25, -0.2) is 0 Å². The molecule has 0 saturated carbocycles. The molecule has 0 atom stereocenters. The van der Waals surface area contributed by atoms with Crippen molar-refractivity contribution in [3.05, 3.63) is 60.2 Å². The number of ketones is 1. The first-order chi connectivity index (χ1) is 10.2. The van der Waals surface area contributed by atoms with Gasteiger partial charge >= 0.3 is 0 Å². The Morgan fingerprint density at radius 1 is 0.952 bits per heavy atom. The number of thioether (sulfide) groups is 1. The van der Waals surface area contributed by atoms with E-state index in [4.69, 9.17) is 0 Å². The molecule has 1 N–H and O–H groups in total. The van der Waals surface area contributed by atoms with Crippen LogP contribution in [0.4, 0.5) is 5.69 Å². The van der Waals surface area contributed by atoms with E-state index in [-0.39, 0.29) is 24.5 Å². The first-order valence-corrected chi connectivity index (χ1v) is 7.94. The summed E-state index contributed by atoms with van der Waals surface area (Å²) in [5, 5.41) is 2.86. The van der Waals surface area contributed by atoms with E-state index >= 15 is 0 Å². The minimum atomic E-state index is -0.138. The second kappa shape index (κ2) is 7.64. The molecule has 0 aliphatic rings. The average molecular weight is 299 g/mol. The summed E-state index contributed by atoms with van der Waals surface area (Å²) in [6.07, 6.45) is 2.37. The number of rotatable bonds is 6. The van der Waals surface area contributed by atoms with Crippen molar-refractivity contribution in [2.75, 3.05) is 11.6 Å². The Bertz CT molecular complexity index is 626. The molecule has 0 bridgehead atoms. The molecule has 21 heavy (non-hydrogen) atoms. The Morgan fingerprint density at radius 2 is 1.62 bits per heavy atom. The van der Waals surface area contributed by atoms with Crippen molar-refractivity contribution in [3.8, 4) is 0 Å². The number of para-hydroxylation sites is 1. The topological polar surface area (TPSA) is 46.2 Å². The molecule has 0 unspecified atom stereocenters. The van der Waals surface area contributed by atoms with Gasteiger partial charge in [0.05, 0.1) is 5.69 Å². The van der Waals surface area contributed by atoms with E-state index in [0.717, 1.165) is 10.6 Å². The average Bonchev–Trinajstić information content (AvgIpc) is 2.54. The van der Waals surface area contributed by atoms with E-state index in [1.165, 1.54) is 0 Å². The second-order valence-corrected chi connectivity index (χ2v) is 5.39. The zero-order valence-corrected chi connectivity index (χ0v) is 12.7. The van der Waals surface area contributed by atoms with Crippen LogP contribution in [-0.4, -0.2) is 17.9 Å². The van der Waals surface area contributed by atoms with Crippen molar-refractivity contribution in [1.29, 1.82) is 0 Å². The third kappa shape index (κ3) is 4.46. The zero-order valence-electron chi connectivity index (χ0n) is 11.8. The third-order valence-corrected chi connectivity index (χ3v) is 3.85. The van der Waals surface area contributed by atoms with E-state index < -0.39 is 0 Å². The van der Waals surface area contributed by atoms with E-state index in [1.807, 2.05) is 48.7 Å². The highest BCUT2D eigenvalue weighted by molar-refractivity contribution is 7.98. The number of Topliss-reactive ketones (excluding diaryl/α,β-unsaturated/α-hetero) is 1. The number of carbonyl (C=O) groups is 2. The van der Waals surface area contributed by atoms with Gasteiger partial charge in [-0.15, -0.1) is 11.8 Å². The van der Waals surface area contributed by atoms with E-state index in [1.54, 1.807) is 23.9 Å². The number of amides is 1. The van der Waals surface area contributed by atoms with Crippen LogP contribution in [-0.2, 0) is 4.79 Å². The molecule has 3 nitrogen and oxygen atoms in total. The number of benzene rings is 2. The monoisotopic (exact) mass is 299 g/mol. The fraction of sp³-hybridized carbons (Fsp3) is 0.176. The minimum absolute atomic E-state index is 0.0103. The smallest absolute Gasteiger partial charge is 0.224 e. The lowest BCUT2D eigenvalue weighted by Gasteiger charge is -2.08. The van der Waals surface area contributed by atoms with Gasteiger partial charge in [0.2, 0.25) is 5.91 Å². The predicted octanol–water partition coefficient (Wildman–Crippen LogP) is 4.01. The summed E-state index contributed by atoms with van der Waals surface area (Å²) in [6.45, 7) is 0. The fourth-order valence-corrected chi connectivity index (χ4v) is 2.51. The highest BCUT2D eigenvalue weighted by Gasteiger charge is 2.10. The Labute approximate surface area is 128 Å². The summed E-state index contributed by atoms with van der Waals surface area (Å²) in [7, 11) is 0. The van der Waals surface area contributed by atoms with Gasteiger partial charge in [-0.3, -0.25) is 9.59 Å². The maximum atomic E-state index is 11.9. The molecule has 1 amide bonds. The molecular weight excluding hydrogens is 282 g/mol. The molecule has 0 fully saturated rings. The van der Waals surface area contributed by atoms with E-state index in [2.05, 4.69) is 5.32 Å². The summed E-state index contributed by atoms with van der Waals surface area (Å²) in [5.74, 6) is -0.148. The molecule has 0 heterocycles. The van der Waals surface area contributed by atoms with Crippen molar-refractivity contribution in [1.82, 2.24) is 0 Å². The van der Waals surface area contributed by atoms with Gasteiger partial charge in [-0.1, -0.05) is 42.5 Å². The molecule has 2 aromatic carbocycles. The standard InChI is InChI=1S/C17H17NO2S/c1-21-16-10-6-5-9-14(16)18-17(20)12-11-15(19)13-7-3-2-4-8-13/h2-10H,11-12H2,1H3,(H,18,20). The summed E-state index contributed by atoms with van der Waals surface area (Å²) < 4.78 is 0. The highest BCUT2D eigenvalue weighted by Crippen LogP contribution is 2.24. The quantitative estimate of drug-likeness (QED) is 0.647. The summed E-state index contributed by atoms with van der Waals surface area (Å²) in [6, 6.07) is 16.7. The van der Waals surface area contributed by atoms with Crippen molar-refractivity contribution in [2.45, 2.75) is 17.7 Å². The molecule has 2 rings (SSSR count). The number of hydrogen-bond acceptors (Lipinski definition) is 3. The van der Waals surface area contributed by atoms with Crippen LogP contribution in [0.25, 0.3) is 0 Å². The summed E-state index contributed by atoms with van der Waals surface area (Å²) in [5.41, 5.74) is 1.44. The van der Waals surface area contributed by atoms with Crippen LogP contribution in [0, 0.1) is 0 Å². The van der Waals surface area contributed by atoms with Gasteiger partial charge in [-0.2, -0.15) is 0 Å². The molecular formula is C17H17NO2S. The lowest BCUT2D eigenvalue weighted by molar-refractivity contribution is -0.116. The van der Waals surface area contributed by atoms with Crippen molar-refractivity contribution >= 4 is 29.1 Å². The molecule has 2 aromatic rings. The molecule has 0 spiro atoms. The lowest BCUT2D eigenvalue weighted by Crippen LogP contribution is -2.14. The normalized spacial score (nSPS) is 10.1. The van der Waals surface area contributed by atoms with Crippen LogP contribution in [0.1, 0.15) is 23.2 Å². The Morgan fingerprint density at radius 3 is 2.33 bits per heavy atom. The first kappa shape index (κ1) is 15.3. The van der Waals surface area contributed by atoms with Crippen LogP contribution in [0.5, 0.6) is 0 Å². The van der Waals surface area contributed by atoms with Gasteiger partial charge in [0.25, 0.3) is 0 Å². The predicted molar refractivity (Wildman–Crippen MR) is 86.9 cm³/mol. The van der Waals surface area contributed by atoms with Crippen LogP contribution in [0.3, 0.4) is 0 Å². The van der Waals surface area contributed by atoms with Gasteiger partial charge in [0, 0.05) is 23.3 Å². The van der Waals surface area contributed by atoms with Crippen molar-refractivity contribution in [3.63, 3.8) is 0 Å². The number of anilines is 1. The van der Waals surface area contributed by atoms with Gasteiger partial charge in [-0.05, 0) is 18.4 Å². The number of carbonyl (C=O) groups excluding carboxylic acids is 2. The molecule has 0 aromatic heterocycles. The SMILES string of the molecule is CSc1ccccc1NC(=O)CCC(=O)c1ccccc1. The van der Waals surface area contributed by atoms with Gasteiger partial charge in [0.1, 0.15) is 0 Å². The maximum Gasteiger partial charge on any atom is 0.224 e. The summed E-state index contributed by atoms with van der Waals surface area (Å²) in [4.78, 5) is 24.9. The molecule has 0 radical (unpaired) electrons. The second-order valence-electron chi connectivity index (χ2n) is 4.54. The van der Waals surface area contributed by atoms with Crippen LogP contribution in [0.2, 0.25) is 0 Å². The Balaban J connectivity index is 1.89. The van der Waals surface area contributed by atoms with Crippen molar-refractivity contribution < 1.29 is 9.59 Å². The molecule has 0 aliphatic carbocycles. The minimum Gasteiger partial charge on any atom is -0.325 e. The fourth-order valence-electron chi connectivity index (χ4n) is 1.96. The number of nitrogens with one attached hydrogen (secondary N) is 1. The molecule has 0 saturated heterocycles. The van der Waals surface area contributed by atoms with Crippen LogP contribution >= 0.6 is 11.8 Å². The van der Waals surface area contributed by atoms with Crippen molar-refractivity contribution in [2.24, 2.45) is 0 Å². The van der Waals surface area contributed by atoms with E-state index in [0.29, 0.717) is 5.56 Å². The number of hydrogen-bond donors (Lipinski definition) is 1. The highest BCUT2D eigenvalue weighted by atomic mass is 32.2. The molecule has 108 valence electrons. The maximum absolute atomic E-state index is 11.9. The van der Waals surface area contributed by atoms with E-state index in [9.17, 15) is 9.59 Å². The molecule has 4 heteroatoms. The largest absolute Gasteiger partial charge is 0.325 e. The third-order valence-electron chi connectivity index (χ3n) is 3.06. The zero-order chi connectivity index (χ0) is 15.1. The first-order valence-electron chi connectivity index (χ1n) is 6.72. The van der Waals surface area contributed by atoms with Gasteiger partial charge < -0.3 is 5.32 Å². The van der Waals surface area contributed by atoms with Crippen LogP contribution < -0.4 is 5.32 Å². The Kier molecular flexibility index (Phi) is 5.58. The lowest BCUT2D eigenvalue weighted by atomic mass is 10.1. The van der Waals surface area contributed by atoms with Gasteiger partial charge in [0.15, 0.2) is 5.78 Å². The molecule has 0 aliphatic heterocycles. The Hall–Kier alpha value is -2.07. The summed E-state index contributed by atoms with van der Waals surface area (Å²) >= 11 is 1.58.